The first kappa shape index (κ1) is 9.57. The molecule has 0 unspecified atom stereocenters. The van der Waals surface area contributed by atoms with Gasteiger partial charge < -0.3 is 4.90 Å². The summed E-state index contributed by atoms with van der Waals surface area (Å²) in [5.74, 6) is 2.64. The molecule has 0 spiro atoms. The number of hydrogen-bond acceptors (Lipinski definition) is 4. The highest BCUT2D eigenvalue weighted by Crippen LogP contribution is 2.29. The van der Waals surface area contributed by atoms with Crippen LogP contribution < -0.4 is 4.90 Å². The Morgan fingerprint density at radius 2 is 2.00 bits per heavy atom. The van der Waals surface area contributed by atoms with Gasteiger partial charge in [-0.1, -0.05) is 0 Å². The molecule has 0 fully saturated rings. The summed E-state index contributed by atoms with van der Waals surface area (Å²) in [5, 5.41) is 4.41. The number of rotatable bonds is 1. The summed E-state index contributed by atoms with van der Waals surface area (Å²) in [6.45, 7) is 1.90. The smallest absolute Gasteiger partial charge is 0.254 e. The van der Waals surface area contributed by atoms with E-state index in [-0.39, 0.29) is 0 Å². The molecule has 0 amide bonds. The summed E-state index contributed by atoms with van der Waals surface area (Å²) in [7, 11) is 4.09. The van der Waals surface area contributed by atoms with Gasteiger partial charge >= 0.3 is 0 Å². The SMILES string of the molecule is Cc1nc2nc3c(c(N(C)C)n2n1)CCC3. The molecule has 0 atom stereocenters. The number of anilines is 1. The van der Waals surface area contributed by atoms with E-state index >= 15 is 0 Å². The van der Waals surface area contributed by atoms with Gasteiger partial charge in [0.15, 0.2) is 0 Å². The van der Waals surface area contributed by atoms with Gasteiger partial charge in [0.25, 0.3) is 5.78 Å². The maximum Gasteiger partial charge on any atom is 0.254 e. The van der Waals surface area contributed by atoms with Crippen LogP contribution in [0.1, 0.15) is 23.5 Å². The van der Waals surface area contributed by atoms with Crippen molar-refractivity contribution >= 4 is 11.6 Å². The quantitative estimate of drug-likeness (QED) is 0.714. The van der Waals surface area contributed by atoms with Gasteiger partial charge in [0.2, 0.25) is 0 Å². The lowest BCUT2D eigenvalue weighted by Gasteiger charge is -2.17. The second-order valence-electron chi connectivity index (χ2n) is 4.48. The summed E-state index contributed by atoms with van der Waals surface area (Å²) in [6.07, 6.45) is 3.36. The Labute approximate surface area is 94.1 Å². The second-order valence-corrected chi connectivity index (χ2v) is 4.48. The number of aryl methyl sites for hydroxylation is 2. The van der Waals surface area contributed by atoms with Gasteiger partial charge in [-0.25, -0.2) is 4.98 Å². The molecular formula is C11H15N5. The second kappa shape index (κ2) is 3.17. The molecule has 3 rings (SSSR count). The van der Waals surface area contributed by atoms with Crippen molar-refractivity contribution in [1.29, 1.82) is 0 Å². The Morgan fingerprint density at radius 3 is 2.75 bits per heavy atom. The topological polar surface area (TPSA) is 46.3 Å². The molecule has 0 aromatic carbocycles. The maximum absolute atomic E-state index is 4.58. The lowest BCUT2D eigenvalue weighted by atomic mass is 10.2. The van der Waals surface area contributed by atoms with E-state index in [0.29, 0.717) is 0 Å². The van der Waals surface area contributed by atoms with Gasteiger partial charge in [0.05, 0.1) is 5.69 Å². The van der Waals surface area contributed by atoms with Crippen molar-refractivity contribution in [3.8, 4) is 0 Å². The molecule has 2 aromatic rings. The van der Waals surface area contributed by atoms with Crippen molar-refractivity contribution in [1.82, 2.24) is 19.6 Å². The van der Waals surface area contributed by atoms with Crippen molar-refractivity contribution in [2.24, 2.45) is 0 Å². The lowest BCUT2D eigenvalue weighted by molar-refractivity contribution is 0.861. The van der Waals surface area contributed by atoms with E-state index in [1.165, 1.54) is 17.7 Å². The minimum absolute atomic E-state index is 0.724. The van der Waals surface area contributed by atoms with E-state index in [1.54, 1.807) is 0 Å². The van der Waals surface area contributed by atoms with E-state index in [2.05, 4.69) is 20.0 Å². The first-order chi connectivity index (χ1) is 7.66. The fourth-order valence-electron chi connectivity index (χ4n) is 2.42. The molecule has 0 aliphatic heterocycles. The van der Waals surface area contributed by atoms with E-state index < -0.39 is 0 Å². The van der Waals surface area contributed by atoms with Crippen LogP contribution in [0.3, 0.4) is 0 Å². The van der Waals surface area contributed by atoms with Crippen LogP contribution in [0.2, 0.25) is 0 Å². The number of hydrogen-bond donors (Lipinski definition) is 0. The zero-order chi connectivity index (χ0) is 11.3. The molecule has 5 heteroatoms. The predicted octanol–water partition coefficient (Wildman–Crippen LogP) is 0.987. The van der Waals surface area contributed by atoms with Crippen LogP contribution in [0.15, 0.2) is 0 Å². The van der Waals surface area contributed by atoms with E-state index in [4.69, 9.17) is 0 Å². The minimum atomic E-state index is 0.724. The Bertz CT molecular complexity index is 555. The molecule has 1 aliphatic carbocycles. The monoisotopic (exact) mass is 217 g/mol. The number of nitrogens with zero attached hydrogens (tertiary/aromatic N) is 5. The largest absolute Gasteiger partial charge is 0.362 e. The van der Waals surface area contributed by atoms with Gasteiger partial charge in [-0.2, -0.15) is 9.50 Å². The first-order valence-corrected chi connectivity index (χ1v) is 5.59. The third-order valence-electron chi connectivity index (χ3n) is 3.01. The van der Waals surface area contributed by atoms with Crippen molar-refractivity contribution in [2.75, 3.05) is 19.0 Å². The third-order valence-corrected chi connectivity index (χ3v) is 3.01. The van der Waals surface area contributed by atoms with E-state index in [0.717, 1.165) is 30.3 Å². The first-order valence-electron chi connectivity index (χ1n) is 5.59. The third kappa shape index (κ3) is 1.20. The number of aromatic nitrogens is 4. The van der Waals surface area contributed by atoms with Gasteiger partial charge in [-0.3, -0.25) is 0 Å². The normalized spacial score (nSPS) is 14.4. The average Bonchev–Trinajstić information content (AvgIpc) is 2.77. The molecule has 84 valence electrons. The summed E-state index contributed by atoms with van der Waals surface area (Å²) < 4.78 is 1.86. The fourth-order valence-corrected chi connectivity index (χ4v) is 2.42. The van der Waals surface area contributed by atoms with Crippen molar-refractivity contribution in [2.45, 2.75) is 26.2 Å². The minimum Gasteiger partial charge on any atom is -0.362 e. The highest BCUT2D eigenvalue weighted by atomic mass is 15.4. The highest BCUT2D eigenvalue weighted by Gasteiger charge is 2.22. The molecule has 0 saturated carbocycles. The standard InChI is InChI=1S/C11H15N5/c1-7-12-11-13-9-6-4-5-8(9)10(15(2)3)16(11)14-7/h4-6H2,1-3H3. The van der Waals surface area contributed by atoms with Crippen LogP contribution in [-0.2, 0) is 12.8 Å². The Balaban J connectivity index is 2.40. The zero-order valence-corrected chi connectivity index (χ0v) is 9.86. The van der Waals surface area contributed by atoms with Crippen molar-refractivity contribution in [3.63, 3.8) is 0 Å². The van der Waals surface area contributed by atoms with Crippen LogP contribution in [0.4, 0.5) is 5.82 Å². The van der Waals surface area contributed by atoms with Crippen LogP contribution >= 0.6 is 0 Å². The Kier molecular flexibility index (Phi) is 1.89. The lowest BCUT2D eigenvalue weighted by Crippen LogP contribution is -2.17. The summed E-state index contributed by atoms with van der Waals surface area (Å²) >= 11 is 0. The molecule has 0 bridgehead atoms. The molecule has 2 aromatic heterocycles. The Morgan fingerprint density at radius 1 is 1.19 bits per heavy atom. The van der Waals surface area contributed by atoms with Crippen LogP contribution in [0, 0.1) is 6.92 Å². The Hall–Kier alpha value is -1.65. The van der Waals surface area contributed by atoms with E-state index in [1.807, 2.05) is 25.5 Å². The molecule has 0 N–H and O–H groups in total. The zero-order valence-electron chi connectivity index (χ0n) is 9.86. The summed E-state index contributed by atoms with van der Waals surface area (Å²) in [6, 6.07) is 0. The molecule has 0 radical (unpaired) electrons. The molecule has 1 aliphatic rings. The van der Waals surface area contributed by atoms with E-state index in [9.17, 15) is 0 Å². The molecule has 16 heavy (non-hydrogen) atoms. The molecule has 2 heterocycles. The predicted molar refractivity (Wildman–Crippen MR) is 61.9 cm³/mol. The molecule has 5 nitrogen and oxygen atoms in total. The van der Waals surface area contributed by atoms with Crippen LogP contribution in [-0.4, -0.2) is 33.7 Å². The maximum atomic E-state index is 4.58. The number of fused-ring (bicyclic) bond motifs is 2. The summed E-state index contributed by atoms with van der Waals surface area (Å²) in [4.78, 5) is 11.0. The fraction of sp³-hybridized carbons (Fsp3) is 0.545. The average molecular weight is 217 g/mol. The van der Waals surface area contributed by atoms with Gasteiger partial charge in [-0.15, -0.1) is 5.10 Å². The van der Waals surface area contributed by atoms with Gasteiger partial charge in [0, 0.05) is 19.7 Å². The highest BCUT2D eigenvalue weighted by molar-refractivity contribution is 5.55. The van der Waals surface area contributed by atoms with Crippen LogP contribution in [0.25, 0.3) is 5.78 Å². The van der Waals surface area contributed by atoms with Crippen LogP contribution in [0.5, 0.6) is 0 Å². The van der Waals surface area contributed by atoms with Crippen molar-refractivity contribution < 1.29 is 0 Å². The molecule has 0 saturated heterocycles. The molecular weight excluding hydrogens is 202 g/mol. The summed E-state index contributed by atoms with van der Waals surface area (Å²) in [5.41, 5.74) is 2.53. The van der Waals surface area contributed by atoms with Crippen molar-refractivity contribution in [3.05, 3.63) is 17.1 Å². The van der Waals surface area contributed by atoms with Gasteiger partial charge in [0.1, 0.15) is 11.6 Å². The van der Waals surface area contributed by atoms with Gasteiger partial charge in [-0.05, 0) is 26.2 Å².